The minimum atomic E-state index is -0.637. The van der Waals surface area contributed by atoms with Crippen LogP contribution in [0.3, 0.4) is 0 Å². The fourth-order valence-electron chi connectivity index (χ4n) is 4.77. The number of nitrogens with zero attached hydrogens (tertiary/aromatic N) is 2. The molecule has 1 unspecified atom stereocenters. The predicted octanol–water partition coefficient (Wildman–Crippen LogP) is 3.41. The van der Waals surface area contributed by atoms with Crippen molar-refractivity contribution in [2.24, 2.45) is 5.92 Å². The molecule has 2 aromatic carbocycles. The van der Waals surface area contributed by atoms with Gasteiger partial charge in [-0.05, 0) is 62.8 Å². The van der Waals surface area contributed by atoms with Crippen molar-refractivity contribution in [2.45, 2.75) is 38.6 Å². The van der Waals surface area contributed by atoms with Crippen LogP contribution in [0, 0.1) is 18.7 Å². The fourth-order valence-corrected chi connectivity index (χ4v) is 4.77. The number of hydrogen-bond donors (Lipinski definition) is 1. The maximum absolute atomic E-state index is 14.1. The van der Waals surface area contributed by atoms with Gasteiger partial charge >= 0.3 is 0 Å². The standard InChI is InChI=1S/C26H30FN3O3/c1-18-7-6-8-20(17-18)24(31)28-23(26(33)29-13-4-5-14-29)19-11-15-30(16-12-19)25(32)21-9-2-3-10-22(21)27/h2-3,6-10,17,19,23H,4-5,11-16H2,1H3,(H,28,31). The van der Waals surface area contributed by atoms with Gasteiger partial charge < -0.3 is 15.1 Å². The van der Waals surface area contributed by atoms with Gasteiger partial charge in [0.05, 0.1) is 5.56 Å². The number of amides is 3. The summed E-state index contributed by atoms with van der Waals surface area (Å²) >= 11 is 0. The van der Waals surface area contributed by atoms with Crippen molar-refractivity contribution in [3.05, 3.63) is 71.0 Å². The molecule has 0 bridgehead atoms. The van der Waals surface area contributed by atoms with Gasteiger partial charge in [0.1, 0.15) is 11.9 Å². The van der Waals surface area contributed by atoms with Gasteiger partial charge in [-0.25, -0.2) is 4.39 Å². The molecule has 1 atom stereocenters. The zero-order chi connectivity index (χ0) is 23.4. The molecule has 2 saturated heterocycles. The monoisotopic (exact) mass is 451 g/mol. The molecule has 2 aliphatic rings. The lowest BCUT2D eigenvalue weighted by atomic mass is 9.88. The van der Waals surface area contributed by atoms with E-state index in [0.717, 1.165) is 18.4 Å². The van der Waals surface area contributed by atoms with E-state index >= 15 is 0 Å². The fraction of sp³-hybridized carbons (Fsp3) is 0.423. The number of aryl methyl sites for hydroxylation is 1. The number of benzene rings is 2. The Kier molecular flexibility index (Phi) is 7.06. The average molecular weight is 452 g/mol. The lowest BCUT2D eigenvalue weighted by molar-refractivity contribution is -0.134. The van der Waals surface area contributed by atoms with Crippen molar-refractivity contribution in [3.63, 3.8) is 0 Å². The molecule has 33 heavy (non-hydrogen) atoms. The number of rotatable bonds is 5. The van der Waals surface area contributed by atoms with Crippen LogP contribution in [0.2, 0.25) is 0 Å². The first-order chi connectivity index (χ1) is 15.9. The Morgan fingerprint density at radius 3 is 2.30 bits per heavy atom. The highest BCUT2D eigenvalue weighted by Gasteiger charge is 2.37. The van der Waals surface area contributed by atoms with Crippen LogP contribution in [-0.2, 0) is 4.79 Å². The Morgan fingerprint density at radius 2 is 1.64 bits per heavy atom. The summed E-state index contributed by atoms with van der Waals surface area (Å²) in [6.07, 6.45) is 3.08. The van der Waals surface area contributed by atoms with Gasteiger partial charge in [-0.3, -0.25) is 14.4 Å². The van der Waals surface area contributed by atoms with Gasteiger partial charge in [0.2, 0.25) is 5.91 Å². The maximum Gasteiger partial charge on any atom is 0.256 e. The van der Waals surface area contributed by atoms with Gasteiger partial charge in [-0.1, -0.05) is 29.8 Å². The highest BCUT2D eigenvalue weighted by molar-refractivity contribution is 5.98. The zero-order valence-corrected chi connectivity index (χ0v) is 18.9. The van der Waals surface area contributed by atoms with Crippen LogP contribution in [0.5, 0.6) is 0 Å². The number of carbonyl (C=O) groups excluding carboxylic acids is 3. The molecule has 4 rings (SSSR count). The Balaban J connectivity index is 1.47. The van der Waals surface area contributed by atoms with E-state index in [0.29, 0.717) is 44.6 Å². The first kappa shape index (κ1) is 23.0. The molecule has 0 aliphatic carbocycles. The number of hydrogen-bond acceptors (Lipinski definition) is 3. The molecule has 0 saturated carbocycles. The van der Waals surface area contributed by atoms with Crippen molar-refractivity contribution in [1.82, 2.24) is 15.1 Å². The summed E-state index contributed by atoms with van der Waals surface area (Å²) in [6.45, 7) is 4.18. The molecule has 2 aromatic rings. The summed E-state index contributed by atoms with van der Waals surface area (Å²) in [5.74, 6) is -1.26. The molecule has 0 radical (unpaired) electrons. The molecular formula is C26H30FN3O3. The normalized spacial score (nSPS) is 17.6. The van der Waals surface area contributed by atoms with Crippen molar-refractivity contribution < 1.29 is 18.8 Å². The summed E-state index contributed by atoms with van der Waals surface area (Å²) in [7, 11) is 0. The lowest BCUT2D eigenvalue weighted by Gasteiger charge is -2.37. The Morgan fingerprint density at radius 1 is 0.939 bits per heavy atom. The molecule has 0 aromatic heterocycles. The Bertz CT molecular complexity index is 1030. The second-order valence-corrected chi connectivity index (χ2v) is 8.96. The van der Waals surface area contributed by atoms with E-state index in [1.54, 1.807) is 23.1 Å². The van der Waals surface area contributed by atoms with Crippen LogP contribution < -0.4 is 5.32 Å². The topological polar surface area (TPSA) is 69.7 Å². The number of likely N-dealkylation sites (tertiary alicyclic amines) is 2. The van der Waals surface area contributed by atoms with E-state index in [1.165, 1.54) is 12.1 Å². The molecule has 0 spiro atoms. The van der Waals surface area contributed by atoms with Crippen molar-refractivity contribution >= 4 is 17.7 Å². The largest absolute Gasteiger partial charge is 0.341 e. The number of nitrogens with one attached hydrogen (secondary N) is 1. The van der Waals surface area contributed by atoms with E-state index in [9.17, 15) is 18.8 Å². The van der Waals surface area contributed by atoms with Gasteiger partial charge in [0.15, 0.2) is 0 Å². The Labute approximate surface area is 193 Å². The van der Waals surface area contributed by atoms with Gasteiger partial charge in [-0.15, -0.1) is 0 Å². The van der Waals surface area contributed by atoms with Gasteiger partial charge in [0.25, 0.3) is 11.8 Å². The number of carbonyl (C=O) groups is 3. The van der Waals surface area contributed by atoms with Gasteiger partial charge in [0, 0.05) is 31.7 Å². The average Bonchev–Trinajstić information content (AvgIpc) is 3.37. The van der Waals surface area contributed by atoms with Crippen LogP contribution in [0.25, 0.3) is 0 Å². The van der Waals surface area contributed by atoms with E-state index < -0.39 is 11.9 Å². The van der Waals surface area contributed by atoms with Crippen molar-refractivity contribution in [3.8, 4) is 0 Å². The summed E-state index contributed by atoms with van der Waals surface area (Å²) in [5, 5.41) is 3.00. The first-order valence-corrected chi connectivity index (χ1v) is 11.6. The summed E-state index contributed by atoms with van der Waals surface area (Å²) in [4.78, 5) is 42.6. The second-order valence-electron chi connectivity index (χ2n) is 8.96. The molecule has 6 nitrogen and oxygen atoms in total. The molecule has 7 heteroatoms. The quantitative estimate of drug-likeness (QED) is 0.758. The van der Waals surface area contributed by atoms with Crippen LogP contribution >= 0.6 is 0 Å². The Hall–Kier alpha value is -3.22. The minimum absolute atomic E-state index is 0.0487. The summed E-state index contributed by atoms with van der Waals surface area (Å²) < 4.78 is 14.1. The van der Waals surface area contributed by atoms with Crippen LogP contribution in [0.4, 0.5) is 4.39 Å². The predicted molar refractivity (Wildman–Crippen MR) is 123 cm³/mol. The third-order valence-corrected chi connectivity index (χ3v) is 6.65. The van der Waals surface area contributed by atoms with Crippen molar-refractivity contribution in [1.29, 1.82) is 0 Å². The third kappa shape index (κ3) is 5.24. The molecule has 174 valence electrons. The molecule has 2 fully saturated rings. The smallest absolute Gasteiger partial charge is 0.256 e. The number of piperidine rings is 1. The van der Waals surface area contributed by atoms with E-state index in [1.807, 2.05) is 30.0 Å². The first-order valence-electron chi connectivity index (χ1n) is 11.6. The van der Waals surface area contributed by atoms with Gasteiger partial charge in [-0.2, -0.15) is 0 Å². The summed E-state index contributed by atoms with van der Waals surface area (Å²) in [6, 6.07) is 12.6. The molecule has 1 N–H and O–H groups in total. The second kappa shape index (κ2) is 10.1. The molecule has 2 heterocycles. The zero-order valence-electron chi connectivity index (χ0n) is 18.9. The number of halogens is 1. The third-order valence-electron chi connectivity index (χ3n) is 6.65. The van der Waals surface area contributed by atoms with E-state index in [4.69, 9.17) is 0 Å². The SMILES string of the molecule is Cc1cccc(C(=O)NC(C(=O)N2CCCC2)C2CCN(C(=O)c3ccccc3F)CC2)c1. The van der Waals surface area contributed by atoms with E-state index in [-0.39, 0.29) is 29.2 Å². The lowest BCUT2D eigenvalue weighted by Crippen LogP contribution is -2.54. The molecule has 2 aliphatic heterocycles. The minimum Gasteiger partial charge on any atom is -0.341 e. The highest BCUT2D eigenvalue weighted by atomic mass is 19.1. The highest BCUT2D eigenvalue weighted by Crippen LogP contribution is 2.25. The van der Waals surface area contributed by atoms with Crippen LogP contribution in [-0.4, -0.2) is 59.7 Å². The molecular weight excluding hydrogens is 421 g/mol. The summed E-state index contributed by atoms with van der Waals surface area (Å²) in [5.41, 5.74) is 1.57. The van der Waals surface area contributed by atoms with Crippen LogP contribution in [0.1, 0.15) is 52.0 Å². The molecule has 3 amide bonds. The van der Waals surface area contributed by atoms with E-state index in [2.05, 4.69) is 5.32 Å². The maximum atomic E-state index is 14.1. The van der Waals surface area contributed by atoms with Crippen molar-refractivity contribution in [2.75, 3.05) is 26.2 Å². The van der Waals surface area contributed by atoms with Crippen LogP contribution in [0.15, 0.2) is 48.5 Å².